The van der Waals surface area contributed by atoms with E-state index in [4.69, 9.17) is 14.6 Å². The zero-order valence-corrected chi connectivity index (χ0v) is 18.5. The lowest BCUT2D eigenvalue weighted by Gasteiger charge is -2.24. The largest absolute Gasteiger partial charge is 0.480 e. The summed E-state index contributed by atoms with van der Waals surface area (Å²) >= 11 is 0. The summed E-state index contributed by atoms with van der Waals surface area (Å²) in [5, 5.41) is 14.6. The van der Waals surface area contributed by atoms with Crippen molar-refractivity contribution in [1.82, 2.24) is 19.8 Å². The van der Waals surface area contributed by atoms with Crippen LogP contribution in [0.1, 0.15) is 20.8 Å². The average molecular weight is 459 g/mol. The Bertz CT molecular complexity index is 1120. The Morgan fingerprint density at radius 2 is 1.97 bits per heavy atom. The molecule has 0 unspecified atom stereocenters. The zero-order valence-electron chi connectivity index (χ0n) is 18.5. The number of rotatable bonds is 7. The van der Waals surface area contributed by atoms with Crippen molar-refractivity contribution in [3.8, 4) is 11.5 Å². The highest BCUT2D eigenvalue weighted by Gasteiger charge is 2.23. The number of fused-ring (bicyclic) bond motifs is 2. The number of carboxylic acid groups (broad SMARTS) is 1. The summed E-state index contributed by atoms with van der Waals surface area (Å²) in [6.45, 7) is 3.92. The summed E-state index contributed by atoms with van der Waals surface area (Å²) in [4.78, 5) is 53.1. The predicted molar refractivity (Wildman–Crippen MR) is 117 cm³/mol. The lowest BCUT2D eigenvalue weighted by molar-refractivity contribution is -0.144. The van der Waals surface area contributed by atoms with Crippen LogP contribution in [0.15, 0.2) is 35.3 Å². The summed E-state index contributed by atoms with van der Waals surface area (Å²) in [6, 6.07) is 7.09. The smallest absolute Gasteiger partial charge is 0.407 e. The van der Waals surface area contributed by atoms with E-state index in [0.717, 1.165) is 9.47 Å². The number of amides is 2. The van der Waals surface area contributed by atoms with Crippen LogP contribution in [-0.2, 0) is 20.9 Å². The molecular formula is C21H25N5O7. The predicted octanol–water partition coefficient (Wildman–Crippen LogP) is 1.53. The van der Waals surface area contributed by atoms with Crippen LogP contribution in [0.2, 0.25) is 0 Å². The lowest BCUT2D eigenvalue weighted by atomic mass is 10.2. The van der Waals surface area contributed by atoms with Crippen LogP contribution >= 0.6 is 0 Å². The summed E-state index contributed by atoms with van der Waals surface area (Å²) < 4.78 is 11.9. The molecule has 1 aliphatic rings. The highest BCUT2D eigenvalue weighted by molar-refractivity contribution is 5.81. The standard InChI is InChI=1S/C21H25N5O7/c1-21(2,3)33-20(31)22-8-9-25(12-17(28)29)16(27)11-26-10-15-18(24-19(26)30)23-13-6-4-5-7-14(13)32-15/h4-7,10H,8-9,11-12H2,1-3H3,(H,22,31)(H,28,29)(H,23,24,30). The molecule has 12 heteroatoms. The molecule has 3 rings (SSSR count). The van der Waals surface area contributed by atoms with Crippen LogP contribution < -0.4 is 21.1 Å². The van der Waals surface area contributed by atoms with Gasteiger partial charge in [0.25, 0.3) is 0 Å². The van der Waals surface area contributed by atoms with Crippen molar-refractivity contribution in [2.45, 2.75) is 32.9 Å². The zero-order chi connectivity index (χ0) is 24.2. The van der Waals surface area contributed by atoms with Gasteiger partial charge >= 0.3 is 17.8 Å². The molecule has 2 heterocycles. The molecule has 0 bridgehead atoms. The normalized spacial score (nSPS) is 11.8. The van der Waals surface area contributed by atoms with Gasteiger partial charge in [-0.1, -0.05) is 12.1 Å². The first-order chi connectivity index (χ1) is 15.5. The van der Waals surface area contributed by atoms with E-state index in [1.807, 2.05) is 0 Å². The highest BCUT2D eigenvalue weighted by Crippen LogP contribution is 2.39. The van der Waals surface area contributed by atoms with Crippen molar-refractivity contribution in [3.05, 3.63) is 40.9 Å². The number of ether oxygens (including phenoxy) is 2. The number of aliphatic carboxylic acids is 1. The van der Waals surface area contributed by atoms with Crippen molar-refractivity contribution >= 4 is 29.5 Å². The molecule has 176 valence electrons. The van der Waals surface area contributed by atoms with E-state index in [1.165, 1.54) is 6.20 Å². The fourth-order valence-corrected chi connectivity index (χ4v) is 2.96. The molecule has 12 nitrogen and oxygen atoms in total. The van der Waals surface area contributed by atoms with Gasteiger partial charge in [0.05, 0.1) is 11.9 Å². The quantitative estimate of drug-likeness (QED) is 0.477. The van der Waals surface area contributed by atoms with Crippen LogP contribution in [0.5, 0.6) is 11.5 Å². The number of carboxylic acids is 1. The third-order valence-electron chi connectivity index (χ3n) is 4.35. The number of hydrogen-bond acceptors (Lipinski definition) is 8. The van der Waals surface area contributed by atoms with Gasteiger partial charge in [-0.05, 0) is 32.9 Å². The molecule has 0 fully saturated rings. The molecule has 0 aliphatic carbocycles. The monoisotopic (exact) mass is 459 g/mol. The van der Waals surface area contributed by atoms with Crippen molar-refractivity contribution in [3.63, 3.8) is 0 Å². The van der Waals surface area contributed by atoms with E-state index in [9.17, 15) is 19.2 Å². The molecule has 33 heavy (non-hydrogen) atoms. The van der Waals surface area contributed by atoms with Gasteiger partial charge in [-0.25, -0.2) is 9.59 Å². The molecule has 1 aliphatic heterocycles. The Hall–Kier alpha value is -4.09. The summed E-state index contributed by atoms with van der Waals surface area (Å²) in [7, 11) is 0. The fourth-order valence-electron chi connectivity index (χ4n) is 2.96. The summed E-state index contributed by atoms with van der Waals surface area (Å²) in [6.07, 6.45) is 0.647. The van der Waals surface area contributed by atoms with Gasteiger partial charge in [0.15, 0.2) is 17.3 Å². The molecule has 0 saturated heterocycles. The van der Waals surface area contributed by atoms with Gasteiger partial charge in [0.2, 0.25) is 5.91 Å². The SMILES string of the molecule is CC(C)(C)OC(=O)NCCN(CC(=O)O)C(=O)Cn1cc2c(nc1=O)Nc1ccccc1O2. The molecule has 0 radical (unpaired) electrons. The van der Waals surface area contributed by atoms with Gasteiger partial charge in [0, 0.05) is 13.1 Å². The van der Waals surface area contributed by atoms with Crippen LogP contribution in [-0.4, -0.2) is 62.8 Å². The lowest BCUT2D eigenvalue weighted by Crippen LogP contribution is -2.44. The number of carbonyl (C=O) groups excluding carboxylic acids is 2. The number of alkyl carbamates (subject to hydrolysis) is 1. The Morgan fingerprint density at radius 3 is 2.67 bits per heavy atom. The second kappa shape index (κ2) is 9.59. The first-order valence-corrected chi connectivity index (χ1v) is 10.1. The number of nitrogens with zero attached hydrogens (tertiary/aromatic N) is 3. The number of aromatic nitrogens is 2. The maximum absolute atomic E-state index is 12.7. The Kier molecular flexibility index (Phi) is 6.85. The molecule has 0 saturated carbocycles. The average Bonchev–Trinajstić information content (AvgIpc) is 2.70. The van der Waals surface area contributed by atoms with E-state index >= 15 is 0 Å². The third kappa shape index (κ3) is 6.45. The van der Waals surface area contributed by atoms with E-state index in [-0.39, 0.29) is 24.7 Å². The van der Waals surface area contributed by atoms with Crippen LogP contribution in [0.4, 0.5) is 16.3 Å². The minimum atomic E-state index is -1.24. The molecule has 2 aromatic rings. The van der Waals surface area contributed by atoms with Crippen LogP contribution in [0, 0.1) is 0 Å². The van der Waals surface area contributed by atoms with Crippen molar-refractivity contribution in [2.75, 3.05) is 25.0 Å². The van der Waals surface area contributed by atoms with Crippen LogP contribution in [0.3, 0.4) is 0 Å². The van der Waals surface area contributed by atoms with Crippen LogP contribution in [0.25, 0.3) is 0 Å². The number of carbonyl (C=O) groups is 3. The van der Waals surface area contributed by atoms with Crippen molar-refractivity contribution < 1.29 is 29.0 Å². The topological polar surface area (TPSA) is 152 Å². The first-order valence-electron chi connectivity index (χ1n) is 10.1. The molecule has 3 N–H and O–H groups in total. The number of hydrogen-bond donors (Lipinski definition) is 3. The molecule has 1 aromatic carbocycles. The number of anilines is 2. The van der Waals surface area contributed by atoms with E-state index in [2.05, 4.69) is 15.6 Å². The summed E-state index contributed by atoms with van der Waals surface area (Å²) in [5.41, 5.74) is -0.755. The van der Waals surface area contributed by atoms with E-state index in [0.29, 0.717) is 11.4 Å². The van der Waals surface area contributed by atoms with Crippen molar-refractivity contribution in [1.29, 1.82) is 0 Å². The maximum Gasteiger partial charge on any atom is 0.407 e. The first kappa shape index (κ1) is 23.6. The molecule has 0 spiro atoms. The Labute approximate surface area is 189 Å². The fraction of sp³-hybridized carbons (Fsp3) is 0.381. The van der Waals surface area contributed by atoms with Gasteiger partial charge in [-0.3, -0.25) is 14.2 Å². The Balaban J connectivity index is 1.67. The molecular weight excluding hydrogens is 434 g/mol. The minimum absolute atomic E-state index is 0.0327. The molecule has 1 aromatic heterocycles. The highest BCUT2D eigenvalue weighted by atomic mass is 16.6. The third-order valence-corrected chi connectivity index (χ3v) is 4.35. The number of benzene rings is 1. The molecule has 0 atom stereocenters. The van der Waals surface area contributed by atoms with Crippen molar-refractivity contribution in [2.24, 2.45) is 0 Å². The minimum Gasteiger partial charge on any atom is -0.480 e. The van der Waals surface area contributed by atoms with Gasteiger partial charge in [0.1, 0.15) is 18.7 Å². The van der Waals surface area contributed by atoms with Gasteiger partial charge < -0.3 is 30.1 Å². The van der Waals surface area contributed by atoms with E-state index in [1.54, 1.807) is 45.0 Å². The summed E-state index contributed by atoms with van der Waals surface area (Å²) in [5.74, 6) is -0.884. The Morgan fingerprint density at radius 1 is 1.24 bits per heavy atom. The number of nitrogens with one attached hydrogen (secondary N) is 2. The van der Waals surface area contributed by atoms with Gasteiger partial charge in [-0.2, -0.15) is 4.98 Å². The second-order valence-electron chi connectivity index (χ2n) is 8.23. The molecule has 2 amide bonds. The number of para-hydroxylation sites is 2. The second-order valence-corrected chi connectivity index (χ2v) is 8.23. The van der Waals surface area contributed by atoms with E-state index < -0.39 is 42.4 Å². The van der Waals surface area contributed by atoms with Gasteiger partial charge in [-0.15, -0.1) is 0 Å². The maximum atomic E-state index is 12.7.